The van der Waals surface area contributed by atoms with E-state index < -0.39 is 0 Å². The average molecular weight is 253 g/mol. The largest absolute Gasteiger partial charge is 0.317 e. The molecule has 2 atom stereocenters. The summed E-state index contributed by atoms with van der Waals surface area (Å²) in [5.74, 6) is 0.902. The third kappa shape index (κ3) is 3.25. The van der Waals surface area contributed by atoms with Crippen molar-refractivity contribution in [3.05, 3.63) is 0 Å². The molecule has 2 unspecified atom stereocenters. The lowest BCUT2D eigenvalue weighted by Crippen LogP contribution is -2.54. The van der Waals surface area contributed by atoms with Crippen LogP contribution in [0, 0.1) is 5.92 Å². The Morgan fingerprint density at radius 1 is 1.11 bits per heavy atom. The van der Waals surface area contributed by atoms with Gasteiger partial charge in [0, 0.05) is 12.1 Å². The van der Waals surface area contributed by atoms with Crippen molar-refractivity contribution in [1.29, 1.82) is 0 Å². The van der Waals surface area contributed by atoms with E-state index in [2.05, 4.69) is 36.0 Å². The van der Waals surface area contributed by atoms with E-state index in [0.717, 1.165) is 24.5 Å². The van der Waals surface area contributed by atoms with Gasteiger partial charge in [0.25, 0.3) is 0 Å². The first-order valence-electron chi connectivity index (χ1n) is 7.91. The fourth-order valence-corrected chi connectivity index (χ4v) is 3.57. The van der Waals surface area contributed by atoms with Crippen molar-refractivity contribution < 1.29 is 0 Å². The molecule has 0 amide bonds. The summed E-state index contributed by atoms with van der Waals surface area (Å²) >= 11 is 0. The molecule has 1 heterocycles. The van der Waals surface area contributed by atoms with Crippen molar-refractivity contribution in [3.63, 3.8) is 0 Å². The Hall–Kier alpha value is -0.120. The van der Waals surface area contributed by atoms with Crippen LogP contribution in [-0.2, 0) is 0 Å². The highest BCUT2D eigenvalue weighted by atomic mass is 15.2. The molecule has 3 nitrogen and oxygen atoms in total. The molecule has 0 aromatic heterocycles. The van der Waals surface area contributed by atoms with Gasteiger partial charge < -0.3 is 15.1 Å². The molecule has 0 bridgehead atoms. The predicted molar refractivity (Wildman–Crippen MR) is 78.0 cm³/mol. The lowest BCUT2D eigenvalue weighted by Gasteiger charge is -2.48. The number of piperidine rings is 1. The van der Waals surface area contributed by atoms with Crippen molar-refractivity contribution in [2.45, 2.75) is 51.6 Å². The third-order valence-electron chi connectivity index (χ3n) is 5.14. The van der Waals surface area contributed by atoms with E-state index >= 15 is 0 Å². The monoisotopic (exact) mass is 253 g/mol. The molecule has 1 aliphatic heterocycles. The molecule has 0 radical (unpaired) electrons. The molecule has 2 rings (SSSR count). The zero-order chi connectivity index (χ0) is 13.0. The van der Waals surface area contributed by atoms with Gasteiger partial charge >= 0.3 is 0 Å². The molecule has 0 spiro atoms. The number of rotatable bonds is 6. The summed E-state index contributed by atoms with van der Waals surface area (Å²) in [6, 6.07) is 1.68. The first-order chi connectivity index (χ1) is 8.76. The summed E-state index contributed by atoms with van der Waals surface area (Å²) in [7, 11) is 2.37. The van der Waals surface area contributed by atoms with E-state index in [-0.39, 0.29) is 0 Å². The van der Waals surface area contributed by atoms with Crippen LogP contribution in [0.2, 0.25) is 0 Å². The topological polar surface area (TPSA) is 18.5 Å². The fraction of sp³-hybridized carbons (Fsp3) is 1.00. The van der Waals surface area contributed by atoms with Crippen LogP contribution in [0.15, 0.2) is 0 Å². The van der Waals surface area contributed by atoms with Gasteiger partial charge in [-0.25, -0.2) is 0 Å². The Morgan fingerprint density at radius 3 is 2.33 bits per heavy atom. The van der Waals surface area contributed by atoms with Crippen LogP contribution in [0.5, 0.6) is 0 Å². The van der Waals surface area contributed by atoms with Crippen LogP contribution in [0.3, 0.4) is 0 Å². The highest BCUT2D eigenvalue weighted by Crippen LogP contribution is 2.33. The van der Waals surface area contributed by atoms with E-state index in [1.807, 2.05) is 0 Å². The molecule has 1 N–H and O–H groups in total. The summed E-state index contributed by atoms with van der Waals surface area (Å²) in [6.45, 7) is 10.6. The van der Waals surface area contributed by atoms with Crippen molar-refractivity contribution in [2.75, 3.05) is 39.8 Å². The van der Waals surface area contributed by atoms with Crippen molar-refractivity contribution in [1.82, 2.24) is 15.1 Å². The average Bonchev–Trinajstić information content (AvgIpc) is 2.38. The second-order valence-corrected chi connectivity index (χ2v) is 6.04. The number of nitrogens with zero attached hydrogens (tertiary/aromatic N) is 2. The minimum Gasteiger partial charge on any atom is -0.317 e. The molecule has 2 fully saturated rings. The summed E-state index contributed by atoms with van der Waals surface area (Å²) < 4.78 is 0. The summed E-state index contributed by atoms with van der Waals surface area (Å²) in [6.07, 6.45) is 5.58. The summed E-state index contributed by atoms with van der Waals surface area (Å²) in [5, 5.41) is 3.52. The molecular weight excluding hydrogens is 222 g/mol. The van der Waals surface area contributed by atoms with Crippen molar-refractivity contribution in [3.8, 4) is 0 Å². The quantitative estimate of drug-likeness (QED) is 0.778. The SMILES string of the molecule is CCNCC1CCC1N(C)C1CCN(CC)CC1. The van der Waals surface area contributed by atoms with Gasteiger partial charge in [0.15, 0.2) is 0 Å². The fourth-order valence-electron chi connectivity index (χ4n) is 3.57. The standard InChI is InChI=1S/C15H31N3/c1-4-16-12-13-6-7-15(13)17(3)14-8-10-18(5-2)11-9-14/h13-16H,4-12H2,1-3H3. The predicted octanol–water partition coefficient (Wildman–Crippen LogP) is 1.79. The molecule has 0 aromatic carbocycles. The number of nitrogens with one attached hydrogen (secondary N) is 1. The molecule has 1 saturated carbocycles. The van der Waals surface area contributed by atoms with Gasteiger partial charge in [-0.05, 0) is 71.4 Å². The molecule has 106 valence electrons. The third-order valence-corrected chi connectivity index (χ3v) is 5.14. The van der Waals surface area contributed by atoms with Crippen LogP contribution in [-0.4, -0.2) is 61.7 Å². The Bertz CT molecular complexity index is 234. The Kier molecular flexibility index (Phi) is 5.46. The highest BCUT2D eigenvalue weighted by Gasteiger charge is 2.36. The number of likely N-dealkylation sites (tertiary alicyclic amines) is 1. The molecule has 18 heavy (non-hydrogen) atoms. The highest BCUT2D eigenvalue weighted by molar-refractivity contribution is 4.92. The van der Waals surface area contributed by atoms with Gasteiger partial charge in [0.05, 0.1) is 0 Å². The second kappa shape index (κ2) is 6.88. The van der Waals surface area contributed by atoms with Crippen molar-refractivity contribution in [2.24, 2.45) is 5.92 Å². The number of hydrogen-bond acceptors (Lipinski definition) is 3. The van der Waals surface area contributed by atoms with Crippen LogP contribution in [0.25, 0.3) is 0 Å². The van der Waals surface area contributed by atoms with Gasteiger partial charge in [-0.2, -0.15) is 0 Å². The molecular formula is C15H31N3. The maximum Gasteiger partial charge on any atom is 0.0136 e. The van der Waals surface area contributed by atoms with E-state index in [9.17, 15) is 0 Å². The maximum absolute atomic E-state index is 3.52. The maximum atomic E-state index is 3.52. The zero-order valence-electron chi connectivity index (χ0n) is 12.5. The van der Waals surface area contributed by atoms with Crippen LogP contribution >= 0.6 is 0 Å². The first kappa shape index (κ1) is 14.3. The molecule has 1 saturated heterocycles. The van der Waals surface area contributed by atoms with Crippen LogP contribution in [0.1, 0.15) is 39.5 Å². The molecule has 3 heteroatoms. The van der Waals surface area contributed by atoms with Crippen LogP contribution in [0.4, 0.5) is 0 Å². The summed E-state index contributed by atoms with van der Waals surface area (Å²) in [5.41, 5.74) is 0. The molecule has 0 aromatic rings. The van der Waals surface area contributed by atoms with Gasteiger partial charge in [-0.1, -0.05) is 13.8 Å². The Morgan fingerprint density at radius 2 is 1.83 bits per heavy atom. The normalized spacial score (nSPS) is 30.7. The second-order valence-electron chi connectivity index (χ2n) is 6.04. The zero-order valence-corrected chi connectivity index (χ0v) is 12.5. The van der Waals surface area contributed by atoms with Gasteiger partial charge in [-0.15, -0.1) is 0 Å². The van der Waals surface area contributed by atoms with E-state index in [1.165, 1.54) is 51.9 Å². The van der Waals surface area contributed by atoms with E-state index in [0.29, 0.717) is 0 Å². The van der Waals surface area contributed by atoms with Crippen LogP contribution < -0.4 is 5.32 Å². The van der Waals surface area contributed by atoms with Gasteiger partial charge in [0.2, 0.25) is 0 Å². The first-order valence-corrected chi connectivity index (χ1v) is 7.91. The number of hydrogen-bond donors (Lipinski definition) is 1. The molecule has 2 aliphatic rings. The van der Waals surface area contributed by atoms with Crippen molar-refractivity contribution >= 4 is 0 Å². The van der Waals surface area contributed by atoms with E-state index in [4.69, 9.17) is 0 Å². The minimum atomic E-state index is 0.835. The molecule has 1 aliphatic carbocycles. The smallest absolute Gasteiger partial charge is 0.0136 e. The summed E-state index contributed by atoms with van der Waals surface area (Å²) in [4.78, 5) is 5.29. The van der Waals surface area contributed by atoms with E-state index in [1.54, 1.807) is 0 Å². The Balaban J connectivity index is 1.75. The lowest BCUT2D eigenvalue weighted by molar-refractivity contribution is 0.0241. The van der Waals surface area contributed by atoms with Gasteiger partial charge in [-0.3, -0.25) is 0 Å². The Labute approximate surface area is 113 Å². The minimum absolute atomic E-state index is 0.835. The van der Waals surface area contributed by atoms with Gasteiger partial charge in [0.1, 0.15) is 0 Å². The lowest BCUT2D eigenvalue weighted by atomic mass is 9.77.